The van der Waals surface area contributed by atoms with Crippen molar-refractivity contribution < 1.29 is 27.8 Å². The Balaban J connectivity index is 1.34. The lowest BCUT2D eigenvalue weighted by molar-refractivity contribution is -0.137. The normalized spacial score (nSPS) is 31.4. The number of fused-ring (bicyclic) bond motifs is 2. The molecule has 1 aromatic rings. The number of hydrogen-bond acceptors (Lipinski definition) is 4. The van der Waals surface area contributed by atoms with E-state index in [1.54, 1.807) is 6.07 Å². The molecule has 164 valence electrons. The minimum Gasteiger partial charge on any atom is -0.465 e. The van der Waals surface area contributed by atoms with Gasteiger partial charge in [-0.1, -0.05) is 6.07 Å². The van der Waals surface area contributed by atoms with Crippen molar-refractivity contribution >= 4 is 11.8 Å². The van der Waals surface area contributed by atoms with Crippen molar-refractivity contribution in [3.05, 3.63) is 29.3 Å². The van der Waals surface area contributed by atoms with Crippen LogP contribution in [0.5, 0.6) is 0 Å². The fourth-order valence-electron chi connectivity index (χ4n) is 5.67. The summed E-state index contributed by atoms with van der Waals surface area (Å²) >= 11 is 0. The first-order valence-electron chi connectivity index (χ1n) is 10.5. The number of alkyl halides is 3. The van der Waals surface area contributed by atoms with Gasteiger partial charge in [-0.25, -0.2) is 4.79 Å². The Bertz CT molecular complexity index is 807. The highest BCUT2D eigenvalue weighted by molar-refractivity contribution is 5.65. The summed E-state index contributed by atoms with van der Waals surface area (Å²) in [5, 5.41) is 9.19. The third-order valence-corrected chi connectivity index (χ3v) is 7.22. The molecule has 0 saturated carbocycles. The molecule has 0 aromatic heterocycles. The second kappa shape index (κ2) is 7.30. The molecule has 1 aromatic carbocycles. The maximum atomic E-state index is 13.4. The molecule has 1 N–H and O–H groups in total. The molecule has 0 radical (unpaired) electrons. The van der Waals surface area contributed by atoms with Gasteiger partial charge in [0.1, 0.15) is 0 Å². The van der Waals surface area contributed by atoms with E-state index in [2.05, 4.69) is 9.80 Å². The molecule has 4 atom stereocenters. The average molecular weight is 425 g/mol. The van der Waals surface area contributed by atoms with Crippen LogP contribution in [0, 0.1) is 23.7 Å². The van der Waals surface area contributed by atoms with E-state index < -0.39 is 17.8 Å². The molecule has 4 fully saturated rings. The summed E-state index contributed by atoms with van der Waals surface area (Å²) in [6.45, 7) is 6.10. The third-order valence-electron chi connectivity index (χ3n) is 7.22. The van der Waals surface area contributed by atoms with Crippen molar-refractivity contribution in [3.8, 4) is 0 Å². The van der Waals surface area contributed by atoms with E-state index in [1.807, 2.05) is 0 Å². The molecule has 0 aliphatic carbocycles. The fraction of sp³-hybridized carbons (Fsp3) is 0.667. The second-order valence-electron chi connectivity index (χ2n) is 9.21. The molecular weight excluding hydrogens is 399 g/mol. The number of ether oxygens (including phenoxy) is 1. The first-order valence-corrected chi connectivity index (χ1v) is 10.5. The summed E-state index contributed by atoms with van der Waals surface area (Å²) in [6.07, 6.45) is -5.23. The van der Waals surface area contributed by atoms with Gasteiger partial charge in [0.25, 0.3) is 0 Å². The highest BCUT2D eigenvalue weighted by Gasteiger charge is 2.42. The minimum atomic E-state index is -4.36. The van der Waals surface area contributed by atoms with Crippen molar-refractivity contribution in [3.63, 3.8) is 0 Å². The van der Waals surface area contributed by atoms with Crippen LogP contribution in [0.2, 0.25) is 0 Å². The van der Waals surface area contributed by atoms with Gasteiger partial charge in [0.15, 0.2) is 0 Å². The first-order chi connectivity index (χ1) is 14.3. The molecule has 4 aliphatic heterocycles. The summed E-state index contributed by atoms with van der Waals surface area (Å²) in [6, 6.07) is 4.11. The van der Waals surface area contributed by atoms with Crippen molar-refractivity contribution in [1.82, 2.24) is 9.80 Å². The molecule has 4 unspecified atom stereocenters. The number of anilines is 1. The standard InChI is InChI=1S/C21H26F3N3O3/c22-21(23,24)18-2-1-13(19(3-18)26-9-16-11-30-12-17(16)10-26)4-25-5-14-7-27(20(28)29)8-15(14)6-25/h1-3,14-17H,4-12H2,(H,28,29). The Labute approximate surface area is 173 Å². The first kappa shape index (κ1) is 19.9. The smallest absolute Gasteiger partial charge is 0.416 e. The Morgan fingerprint density at radius 2 is 1.63 bits per heavy atom. The SMILES string of the molecule is O=C(O)N1CC2CN(Cc3ccc(C(F)(F)F)cc3N3CC4COCC4C3)CC2C1. The number of likely N-dealkylation sites (tertiary alicyclic amines) is 2. The number of nitrogens with zero attached hydrogens (tertiary/aromatic N) is 3. The van der Waals surface area contributed by atoms with Crippen LogP contribution >= 0.6 is 0 Å². The zero-order valence-corrected chi connectivity index (χ0v) is 16.6. The number of halogens is 3. The number of carbonyl (C=O) groups is 1. The van der Waals surface area contributed by atoms with Crippen LogP contribution in [0.1, 0.15) is 11.1 Å². The molecule has 0 bridgehead atoms. The monoisotopic (exact) mass is 425 g/mol. The van der Waals surface area contributed by atoms with E-state index in [-0.39, 0.29) is 0 Å². The average Bonchev–Trinajstić information content (AvgIpc) is 3.40. The zero-order valence-electron chi connectivity index (χ0n) is 16.6. The van der Waals surface area contributed by atoms with Gasteiger partial charge in [-0.2, -0.15) is 13.2 Å². The Kier molecular flexibility index (Phi) is 4.85. The molecule has 5 rings (SSSR count). The molecule has 30 heavy (non-hydrogen) atoms. The molecule has 6 nitrogen and oxygen atoms in total. The summed E-state index contributed by atoms with van der Waals surface area (Å²) in [5.74, 6) is 1.39. The highest BCUT2D eigenvalue weighted by atomic mass is 19.4. The van der Waals surface area contributed by atoms with Crippen LogP contribution < -0.4 is 4.90 Å². The molecule has 1 amide bonds. The summed E-state index contributed by atoms with van der Waals surface area (Å²) in [4.78, 5) is 17.0. The minimum absolute atomic E-state index is 0.308. The molecule has 4 saturated heterocycles. The van der Waals surface area contributed by atoms with Gasteiger partial charge in [0.2, 0.25) is 0 Å². The van der Waals surface area contributed by atoms with Gasteiger partial charge in [-0.3, -0.25) is 4.90 Å². The van der Waals surface area contributed by atoms with Crippen molar-refractivity contribution in [2.24, 2.45) is 23.7 Å². The largest absolute Gasteiger partial charge is 0.465 e. The van der Waals surface area contributed by atoms with E-state index in [4.69, 9.17) is 4.74 Å². The third kappa shape index (κ3) is 3.62. The maximum absolute atomic E-state index is 13.4. The van der Waals surface area contributed by atoms with Crippen LogP contribution in [0.4, 0.5) is 23.7 Å². The van der Waals surface area contributed by atoms with E-state index in [0.717, 1.165) is 31.7 Å². The number of hydrogen-bond donors (Lipinski definition) is 1. The second-order valence-corrected chi connectivity index (χ2v) is 9.21. The molecule has 0 spiro atoms. The van der Waals surface area contributed by atoms with Gasteiger partial charge < -0.3 is 19.6 Å². The fourth-order valence-corrected chi connectivity index (χ4v) is 5.67. The van der Waals surface area contributed by atoms with Gasteiger partial charge >= 0.3 is 12.3 Å². The van der Waals surface area contributed by atoms with Crippen molar-refractivity contribution in [2.75, 3.05) is 57.4 Å². The van der Waals surface area contributed by atoms with E-state index in [0.29, 0.717) is 62.2 Å². The van der Waals surface area contributed by atoms with Crippen molar-refractivity contribution in [1.29, 1.82) is 0 Å². The number of amides is 1. The van der Waals surface area contributed by atoms with Gasteiger partial charge in [0.05, 0.1) is 18.8 Å². The van der Waals surface area contributed by atoms with Crippen LogP contribution in [0.3, 0.4) is 0 Å². The maximum Gasteiger partial charge on any atom is 0.416 e. The lowest BCUT2D eigenvalue weighted by atomic mass is 10.0. The number of rotatable bonds is 3. The molecule has 9 heteroatoms. The van der Waals surface area contributed by atoms with E-state index in [1.165, 1.54) is 17.0 Å². The van der Waals surface area contributed by atoms with E-state index >= 15 is 0 Å². The quantitative estimate of drug-likeness (QED) is 0.807. The summed E-state index contributed by atoms with van der Waals surface area (Å²) in [5.41, 5.74) is 0.993. The molecular formula is C21H26F3N3O3. The Morgan fingerprint density at radius 3 is 2.20 bits per heavy atom. The number of benzene rings is 1. The lowest BCUT2D eigenvalue weighted by Gasteiger charge is -2.27. The highest BCUT2D eigenvalue weighted by Crippen LogP contribution is 2.39. The van der Waals surface area contributed by atoms with Gasteiger partial charge in [-0.15, -0.1) is 0 Å². The van der Waals surface area contributed by atoms with Gasteiger partial charge in [-0.05, 0) is 29.5 Å². The van der Waals surface area contributed by atoms with Crippen molar-refractivity contribution in [2.45, 2.75) is 12.7 Å². The Hall–Kier alpha value is -2.00. The predicted octanol–water partition coefficient (Wildman–Crippen LogP) is 2.83. The predicted molar refractivity (Wildman–Crippen MR) is 103 cm³/mol. The molecule has 4 aliphatic rings. The summed E-state index contributed by atoms with van der Waals surface area (Å²) < 4.78 is 45.7. The van der Waals surface area contributed by atoms with E-state index in [9.17, 15) is 23.1 Å². The van der Waals surface area contributed by atoms with Crippen LogP contribution in [-0.4, -0.2) is 73.5 Å². The van der Waals surface area contributed by atoms with Crippen LogP contribution in [0.15, 0.2) is 18.2 Å². The van der Waals surface area contributed by atoms with Crippen LogP contribution in [-0.2, 0) is 17.5 Å². The lowest BCUT2D eigenvalue weighted by Crippen LogP contribution is -2.32. The zero-order chi connectivity index (χ0) is 21.0. The molecule has 4 heterocycles. The number of carboxylic acid groups (broad SMARTS) is 1. The topological polar surface area (TPSA) is 56.2 Å². The van der Waals surface area contributed by atoms with Gasteiger partial charge in [0, 0.05) is 63.3 Å². The Morgan fingerprint density at radius 1 is 1.00 bits per heavy atom. The van der Waals surface area contributed by atoms with Crippen LogP contribution in [0.25, 0.3) is 0 Å². The summed E-state index contributed by atoms with van der Waals surface area (Å²) in [7, 11) is 0.